The Bertz CT molecular complexity index is 600. The zero-order valence-electron chi connectivity index (χ0n) is 13.8. The van der Waals surface area contributed by atoms with Gasteiger partial charge in [0, 0.05) is 19.2 Å². The zero-order valence-corrected chi connectivity index (χ0v) is 13.8. The Morgan fingerprint density at radius 1 is 1.38 bits per heavy atom. The number of carbonyl (C=O) groups is 1. The van der Waals surface area contributed by atoms with E-state index in [0.717, 1.165) is 32.3 Å². The van der Waals surface area contributed by atoms with Crippen LogP contribution in [0.2, 0.25) is 0 Å². The lowest BCUT2D eigenvalue weighted by molar-refractivity contribution is 0.0535. The van der Waals surface area contributed by atoms with Crippen molar-refractivity contribution in [1.82, 2.24) is 10.5 Å². The Kier molecular flexibility index (Phi) is 6.20. The van der Waals surface area contributed by atoms with Gasteiger partial charge in [-0.2, -0.15) is 0 Å². The van der Waals surface area contributed by atoms with Gasteiger partial charge in [-0.05, 0) is 37.2 Å². The Labute approximate surface area is 141 Å². The molecule has 6 heteroatoms. The molecule has 1 aliphatic heterocycles. The lowest BCUT2D eigenvalue weighted by Crippen LogP contribution is -2.33. The summed E-state index contributed by atoms with van der Waals surface area (Å²) in [5.41, 5.74) is 1.47. The average molecular weight is 332 g/mol. The highest BCUT2D eigenvalue weighted by Gasteiger charge is 2.17. The molecule has 1 atom stereocenters. The van der Waals surface area contributed by atoms with E-state index in [1.165, 1.54) is 5.57 Å². The van der Waals surface area contributed by atoms with Gasteiger partial charge in [0.05, 0.1) is 13.2 Å². The lowest BCUT2D eigenvalue weighted by Gasteiger charge is -2.21. The number of ether oxygens (including phenoxy) is 2. The molecule has 6 nitrogen and oxygen atoms in total. The Morgan fingerprint density at radius 3 is 3.12 bits per heavy atom. The smallest absolute Gasteiger partial charge is 0.273 e. The minimum absolute atomic E-state index is 0.214. The SMILES string of the molecule is O=C(NCC1CCCOC1)c1cc(COCC2=CCCC=C2)on1. The van der Waals surface area contributed by atoms with Gasteiger partial charge in [-0.1, -0.05) is 23.4 Å². The van der Waals surface area contributed by atoms with Gasteiger partial charge < -0.3 is 19.3 Å². The van der Waals surface area contributed by atoms with Crippen molar-refractivity contribution in [2.24, 2.45) is 5.92 Å². The summed E-state index contributed by atoms with van der Waals surface area (Å²) in [5.74, 6) is 0.726. The molecule has 1 aromatic rings. The minimum Gasteiger partial charge on any atom is -0.381 e. The van der Waals surface area contributed by atoms with Gasteiger partial charge in [0.15, 0.2) is 11.5 Å². The van der Waals surface area contributed by atoms with Crippen LogP contribution in [0.5, 0.6) is 0 Å². The zero-order chi connectivity index (χ0) is 16.6. The highest BCUT2D eigenvalue weighted by molar-refractivity contribution is 5.92. The summed E-state index contributed by atoms with van der Waals surface area (Å²) in [6, 6.07) is 1.64. The first-order chi connectivity index (χ1) is 11.8. The molecule has 3 rings (SSSR count). The number of hydrogen-bond acceptors (Lipinski definition) is 5. The van der Waals surface area contributed by atoms with Gasteiger partial charge in [0.1, 0.15) is 6.61 Å². The summed E-state index contributed by atoms with van der Waals surface area (Å²) in [5, 5.41) is 6.71. The quantitative estimate of drug-likeness (QED) is 0.831. The summed E-state index contributed by atoms with van der Waals surface area (Å²) in [4.78, 5) is 12.1. The molecule has 0 saturated carbocycles. The number of amides is 1. The number of rotatable bonds is 7. The molecule has 2 aliphatic rings. The molecule has 0 spiro atoms. The van der Waals surface area contributed by atoms with E-state index in [2.05, 4.69) is 28.7 Å². The maximum atomic E-state index is 12.1. The van der Waals surface area contributed by atoms with Crippen LogP contribution < -0.4 is 5.32 Å². The number of nitrogens with one attached hydrogen (secondary N) is 1. The number of allylic oxidation sites excluding steroid dienone is 2. The number of hydrogen-bond donors (Lipinski definition) is 1. The Hall–Kier alpha value is -1.92. The van der Waals surface area contributed by atoms with E-state index in [4.69, 9.17) is 14.0 Å². The van der Waals surface area contributed by atoms with E-state index in [0.29, 0.717) is 43.7 Å². The fourth-order valence-electron chi connectivity index (χ4n) is 2.83. The van der Waals surface area contributed by atoms with Crippen molar-refractivity contribution >= 4 is 5.91 Å². The summed E-state index contributed by atoms with van der Waals surface area (Å²) in [7, 11) is 0. The molecule has 1 aliphatic carbocycles. The van der Waals surface area contributed by atoms with Crippen LogP contribution in [-0.4, -0.2) is 37.4 Å². The van der Waals surface area contributed by atoms with E-state index < -0.39 is 0 Å². The molecule has 0 bridgehead atoms. The average Bonchev–Trinajstić information content (AvgIpc) is 3.10. The Morgan fingerprint density at radius 2 is 2.33 bits per heavy atom. The summed E-state index contributed by atoms with van der Waals surface area (Å²) < 4.78 is 16.2. The van der Waals surface area contributed by atoms with E-state index in [9.17, 15) is 4.79 Å². The van der Waals surface area contributed by atoms with Crippen molar-refractivity contribution < 1.29 is 18.8 Å². The van der Waals surface area contributed by atoms with Crippen molar-refractivity contribution in [2.45, 2.75) is 32.3 Å². The van der Waals surface area contributed by atoms with Crippen molar-refractivity contribution in [2.75, 3.05) is 26.4 Å². The molecule has 1 aromatic heterocycles. The fraction of sp³-hybridized carbons (Fsp3) is 0.556. The molecule has 1 amide bonds. The number of aromatic nitrogens is 1. The van der Waals surface area contributed by atoms with E-state index >= 15 is 0 Å². The highest BCUT2D eigenvalue weighted by Crippen LogP contribution is 2.13. The Balaban J connectivity index is 1.40. The van der Waals surface area contributed by atoms with Crippen LogP contribution in [0.25, 0.3) is 0 Å². The van der Waals surface area contributed by atoms with Crippen LogP contribution in [0.1, 0.15) is 41.9 Å². The topological polar surface area (TPSA) is 73.6 Å². The van der Waals surface area contributed by atoms with Gasteiger partial charge in [-0.3, -0.25) is 4.79 Å². The van der Waals surface area contributed by atoms with Crippen LogP contribution in [-0.2, 0) is 16.1 Å². The summed E-state index contributed by atoms with van der Waals surface area (Å²) in [6.07, 6.45) is 10.7. The molecule has 1 N–H and O–H groups in total. The summed E-state index contributed by atoms with van der Waals surface area (Å²) >= 11 is 0. The van der Waals surface area contributed by atoms with Crippen LogP contribution in [0.15, 0.2) is 34.4 Å². The van der Waals surface area contributed by atoms with E-state index in [1.54, 1.807) is 6.07 Å². The second kappa shape index (κ2) is 8.80. The van der Waals surface area contributed by atoms with Crippen LogP contribution in [0.3, 0.4) is 0 Å². The molecule has 1 fully saturated rings. The second-order valence-electron chi connectivity index (χ2n) is 6.22. The molecule has 1 unspecified atom stereocenters. The fourth-order valence-corrected chi connectivity index (χ4v) is 2.83. The predicted octanol–water partition coefficient (Wildman–Crippen LogP) is 2.62. The van der Waals surface area contributed by atoms with Crippen LogP contribution in [0, 0.1) is 5.92 Å². The molecular weight excluding hydrogens is 308 g/mol. The van der Waals surface area contributed by atoms with Crippen LogP contribution in [0.4, 0.5) is 0 Å². The van der Waals surface area contributed by atoms with Gasteiger partial charge in [0.25, 0.3) is 5.91 Å². The third-order valence-electron chi connectivity index (χ3n) is 4.18. The molecular formula is C18H24N2O4. The standard InChI is InChI=1S/C18H24N2O4/c21-18(19-10-15-7-4-8-22-12-15)17-9-16(24-20-17)13-23-11-14-5-2-1-3-6-14/h2,5-6,9,15H,1,3-4,7-8,10-13H2,(H,19,21). The van der Waals surface area contributed by atoms with Crippen molar-refractivity contribution in [1.29, 1.82) is 0 Å². The van der Waals surface area contributed by atoms with Crippen LogP contribution >= 0.6 is 0 Å². The molecule has 0 radical (unpaired) electrons. The maximum absolute atomic E-state index is 12.1. The normalized spacial score (nSPS) is 20.7. The molecule has 2 heterocycles. The molecule has 130 valence electrons. The highest BCUT2D eigenvalue weighted by atomic mass is 16.5. The van der Waals surface area contributed by atoms with Crippen molar-refractivity contribution in [3.63, 3.8) is 0 Å². The third kappa shape index (κ3) is 5.04. The molecule has 24 heavy (non-hydrogen) atoms. The number of nitrogens with zero attached hydrogens (tertiary/aromatic N) is 1. The lowest BCUT2D eigenvalue weighted by atomic mass is 10.0. The van der Waals surface area contributed by atoms with E-state index in [1.807, 2.05) is 0 Å². The summed E-state index contributed by atoms with van der Waals surface area (Å²) in [6.45, 7) is 2.99. The molecule has 0 aromatic carbocycles. The van der Waals surface area contributed by atoms with Gasteiger partial charge in [0.2, 0.25) is 0 Å². The maximum Gasteiger partial charge on any atom is 0.273 e. The van der Waals surface area contributed by atoms with Crippen molar-refractivity contribution in [3.8, 4) is 0 Å². The first-order valence-corrected chi connectivity index (χ1v) is 8.56. The first-order valence-electron chi connectivity index (χ1n) is 8.56. The third-order valence-corrected chi connectivity index (χ3v) is 4.18. The second-order valence-corrected chi connectivity index (χ2v) is 6.22. The monoisotopic (exact) mass is 332 g/mol. The predicted molar refractivity (Wildman–Crippen MR) is 88.5 cm³/mol. The number of carbonyl (C=O) groups excluding carboxylic acids is 1. The van der Waals surface area contributed by atoms with Crippen molar-refractivity contribution in [3.05, 3.63) is 41.3 Å². The van der Waals surface area contributed by atoms with E-state index in [-0.39, 0.29) is 5.91 Å². The van der Waals surface area contributed by atoms with Gasteiger partial charge >= 0.3 is 0 Å². The largest absolute Gasteiger partial charge is 0.381 e. The first kappa shape index (κ1) is 16.9. The molecule has 1 saturated heterocycles. The minimum atomic E-state index is -0.214. The van der Waals surface area contributed by atoms with Gasteiger partial charge in [-0.15, -0.1) is 0 Å². The van der Waals surface area contributed by atoms with Gasteiger partial charge in [-0.25, -0.2) is 0 Å².